The summed E-state index contributed by atoms with van der Waals surface area (Å²) in [6.45, 7) is 4.13. The van der Waals surface area contributed by atoms with Crippen molar-refractivity contribution in [2.45, 2.75) is 13.8 Å². The van der Waals surface area contributed by atoms with Gasteiger partial charge in [0, 0.05) is 23.5 Å². The summed E-state index contributed by atoms with van der Waals surface area (Å²) in [6, 6.07) is 6.21. The highest BCUT2D eigenvalue weighted by Gasteiger charge is 2.04. The van der Waals surface area contributed by atoms with E-state index in [0.717, 1.165) is 17.0 Å². The first-order valence-electron chi connectivity index (χ1n) is 4.96. The molecule has 3 rings (SSSR count). The van der Waals surface area contributed by atoms with E-state index in [1.54, 1.807) is 6.20 Å². The number of nitrogens with zero attached hydrogens (tertiary/aromatic N) is 3. The lowest BCUT2D eigenvalue weighted by Crippen LogP contribution is -1.94. The lowest BCUT2D eigenvalue weighted by Gasteiger charge is -2.05. The number of fused-ring (bicyclic) bond motifs is 3. The van der Waals surface area contributed by atoms with Crippen LogP contribution in [0.3, 0.4) is 0 Å². The Hall–Kier alpha value is -1.90. The van der Waals surface area contributed by atoms with Crippen molar-refractivity contribution in [1.29, 1.82) is 0 Å². The summed E-state index contributed by atoms with van der Waals surface area (Å²) in [5.74, 6) is 0. The topological polar surface area (TPSA) is 30.2 Å². The monoisotopic (exact) mass is 197 g/mol. The molecular formula is C12H11N3. The molecule has 0 amide bonds. The summed E-state index contributed by atoms with van der Waals surface area (Å²) in [6.07, 6.45) is 3.75. The minimum Gasteiger partial charge on any atom is -0.284 e. The molecule has 0 aliphatic heterocycles. The standard InChI is InChI=1S/C12H11N3/c1-8-7-9(2)14-12-10(8)3-4-11-13-5-6-15(11)12/h3-7H,1-2H3. The first-order valence-corrected chi connectivity index (χ1v) is 4.96. The number of aromatic nitrogens is 3. The SMILES string of the molecule is Cc1cc(C)c2ccc3nccn3c2n1. The number of hydrogen-bond donors (Lipinski definition) is 0. The normalized spacial score (nSPS) is 11.3. The third-order valence-corrected chi connectivity index (χ3v) is 2.67. The zero-order valence-electron chi connectivity index (χ0n) is 8.73. The van der Waals surface area contributed by atoms with Gasteiger partial charge in [-0.25, -0.2) is 9.97 Å². The van der Waals surface area contributed by atoms with Gasteiger partial charge in [-0.3, -0.25) is 4.40 Å². The third-order valence-electron chi connectivity index (χ3n) is 2.67. The lowest BCUT2D eigenvalue weighted by molar-refractivity contribution is 1.14. The molecule has 0 saturated carbocycles. The molecule has 0 atom stereocenters. The molecule has 3 heterocycles. The van der Waals surface area contributed by atoms with E-state index >= 15 is 0 Å². The molecule has 0 bridgehead atoms. The summed E-state index contributed by atoms with van der Waals surface area (Å²) >= 11 is 0. The molecule has 0 aliphatic carbocycles. The lowest BCUT2D eigenvalue weighted by atomic mass is 10.1. The van der Waals surface area contributed by atoms with Crippen LogP contribution in [0.15, 0.2) is 30.6 Å². The molecule has 0 radical (unpaired) electrons. The van der Waals surface area contributed by atoms with Gasteiger partial charge in [0.15, 0.2) is 0 Å². The van der Waals surface area contributed by atoms with Crippen LogP contribution in [-0.4, -0.2) is 14.4 Å². The fourth-order valence-electron chi connectivity index (χ4n) is 1.99. The van der Waals surface area contributed by atoms with E-state index in [0.29, 0.717) is 0 Å². The fraction of sp³-hybridized carbons (Fsp3) is 0.167. The van der Waals surface area contributed by atoms with Gasteiger partial charge >= 0.3 is 0 Å². The fourth-order valence-corrected chi connectivity index (χ4v) is 1.99. The van der Waals surface area contributed by atoms with Gasteiger partial charge in [-0.05, 0) is 37.6 Å². The maximum Gasteiger partial charge on any atom is 0.146 e. The molecule has 3 aromatic heterocycles. The largest absolute Gasteiger partial charge is 0.284 e. The Labute approximate surface area is 87.4 Å². The molecule has 3 nitrogen and oxygen atoms in total. The summed E-state index contributed by atoms with van der Waals surface area (Å²) in [5, 5.41) is 1.19. The smallest absolute Gasteiger partial charge is 0.146 e. The average molecular weight is 197 g/mol. The molecule has 0 aromatic carbocycles. The predicted molar refractivity (Wildman–Crippen MR) is 60.0 cm³/mol. The van der Waals surface area contributed by atoms with Crippen LogP contribution in [0.5, 0.6) is 0 Å². The molecule has 3 aromatic rings. The van der Waals surface area contributed by atoms with Crippen molar-refractivity contribution in [2.75, 3.05) is 0 Å². The highest BCUT2D eigenvalue weighted by Crippen LogP contribution is 2.18. The summed E-state index contributed by atoms with van der Waals surface area (Å²) < 4.78 is 2.02. The van der Waals surface area contributed by atoms with Crippen LogP contribution in [0.1, 0.15) is 11.3 Å². The van der Waals surface area contributed by atoms with E-state index in [-0.39, 0.29) is 0 Å². The highest BCUT2D eigenvalue weighted by molar-refractivity contribution is 5.81. The van der Waals surface area contributed by atoms with E-state index in [1.165, 1.54) is 10.9 Å². The predicted octanol–water partition coefficient (Wildman–Crippen LogP) is 2.50. The quantitative estimate of drug-likeness (QED) is 0.554. The Morgan fingerprint density at radius 3 is 2.93 bits per heavy atom. The number of hydrogen-bond acceptors (Lipinski definition) is 2. The van der Waals surface area contributed by atoms with Crippen LogP contribution in [0.2, 0.25) is 0 Å². The molecule has 0 unspecified atom stereocenters. The zero-order chi connectivity index (χ0) is 10.4. The van der Waals surface area contributed by atoms with Crippen LogP contribution >= 0.6 is 0 Å². The molecule has 0 aliphatic rings. The number of rotatable bonds is 0. The van der Waals surface area contributed by atoms with E-state index in [1.807, 2.05) is 23.6 Å². The second-order valence-corrected chi connectivity index (χ2v) is 3.81. The van der Waals surface area contributed by atoms with Crippen LogP contribution < -0.4 is 0 Å². The Morgan fingerprint density at radius 1 is 1.20 bits per heavy atom. The van der Waals surface area contributed by atoms with E-state index in [9.17, 15) is 0 Å². The molecule has 15 heavy (non-hydrogen) atoms. The van der Waals surface area contributed by atoms with Gasteiger partial charge in [0.2, 0.25) is 0 Å². The second kappa shape index (κ2) is 2.79. The summed E-state index contributed by atoms with van der Waals surface area (Å²) in [5.41, 5.74) is 4.23. The van der Waals surface area contributed by atoms with E-state index in [4.69, 9.17) is 0 Å². The van der Waals surface area contributed by atoms with E-state index in [2.05, 4.69) is 29.0 Å². The van der Waals surface area contributed by atoms with Crippen LogP contribution in [0.4, 0.5) is 0 Å². The Balaban J connectivity index is 2.61. The van der Waals surface area contributed by atoms with Crippen LogP contribution in [0, 0.1) is 13.8 Å². The Bertz CT molecular complexity index is 652. The first-order chi connectivity index (χ1) is 7.25. The molecule has 0 fully saturated rings. The second-order valence-electron chi connectivity index (χ2n) is 3.81. The molecule has 74 valence electrons. The van der Waals surface area contributed by atoms with Gasteiger partial charge in [0.1, 0.15) is 11.3 Å². The van der Waals surface area contributed by atoms with Crippen LogP contribution in [-0.2, 0) is 0 Å². The van der Waals surface area contributed by atoms with Crippen LogP contribution in [0.25, 0.3) is 16.7 Å². The minimum atomic E-state index is 0.944. The number of imidazole rings is 1. The van der Waals surface area contributed by atoms with Crippen molar-refractivity contribution in [3.05, 3.63) is 41.9 Å². The number of aryl methyl sites for hydroxylation is 2. The maximum atomic E-state index is 4.56. The van der Waals surface area contributed by atoms with Gasteiger partial charge in [-0.2, -0.15) is 0 Å². The summed E-state index contributed by atoms with van der Waals surface area (Å²) in [4.78, 5) is 8.81. The highest BCUT2D eigenvalue weighted by atomic mass is 15.0. The molecule has 0 N–H and O–H groups in total. The van der Waals surface area contributed by atoms with Gasteiger partial charge in [-0.15, -0.1) is 0 Å². The Morgan fingerprint density at radius 2 is 2.07 bits per heavy atom. The average Bonchev–Trinajstić information content (AvgIpc) is 2.65. The summed E-state index contributed by atoms with van der Waals surface area (Å²) in [7, 11) is 0. The Kier molecular flexibility index (Phi) is 1.57. The van der Waals surface area contributed by atoms with Gasteiger partial charge in [0.25, 0.3) is 0 Å². The number of pyridine rings is 2. The van der Waals surface area contributed by atoms with Crippen molar-refractivity contribution in [2.24, 2.45) is 0 Å². The molecule has 3 heteroatoms. The van der Waals surface area contributed by atoms with Crippen molar-refractivity contribution in [1.82, 2.24) is 14.4 Å². The van der Waals surface area contributed by atoms with Crippen molar-refractivity contribution < 1.29 is 0 Å². The minimum absolute atomic E-state index is 0.944. The van der Waals surface area contributed by atoms with Gasteiger partial charge < -0.3 is 0 Å². The molecular weight excluding hydrogens is 186 g/mol. The van der Waals surface area contributed by atoms with Crippen molar-refractivity contribution in [3.8, 4) is 0 Å². The van der Waals surface area contributed by atoms with E-state index < -0.39 is 0 Å². The van der Waals surface area contributed by atoms with Crippen molar-refractivity contribution in [3.63, 3.8) is 0 Å². The third kappa shape index (κ3) is 1.13. The maximum absolute atomic E-state index is 4.56. The van der Waals surface area contributed by atoms with Crippen molar-refractivity contribution >= 4 is 16.7 Å². The molecule has 0 saturated heterocycles. The molecule has 0 spiro atoms. The first kappa shape index (κ1) is 8.41. The van der Waals surface area contributed by atoms with Gasteiger partial charge in [-0.1, -0.05) is 0 Å². The zero-order valence-corrected chi connectivity index (χ0v) is 8.73. The van der Waals surface area contributed by atoms with Gasteiger partial charge in [0.05, 0.1) is 0 Å².